The number of pyridine rings is 1. The van der Waals surface area contributed by atoms with Crippen LogP contribution in [0.15, 0.2) is 113 Å². The zero-order valence-electron chi connectivity index (χ0n) is 19.2. The van der Waals surface area contributed by atoms with Gasteiger partial charge in [-0.3, -0.25) is 19.5 Å². The summed E-state index contributed by atoms with van der Waals surface area (Å²) in [6, 6.07) is 22.2. The second kappa shape index (κ2) is 11.4. The van der Waals surface area contributed by atoms with Crippen molar-refractivity contribution in [1.82, 2.24) is 15.0 Å². The smallest absolute Gasteiger partial charge is 0.251 e. The first-order valence-electron chi connectivity index (χ1n) is 11.1. The maximum atomic E-state index is 13.5. The van der Waals surface area contributed by atoms with Gasteiger partial charge in [-0.15, -0.1) is 0 Å². The molecule has 4 rings (SSSR count). The third kappa shape index (κ3) is 6.04. The van der Waals surface area contributed by atoms with Crippen LogP contribution in [-0.4, -0.2) is 31.8 Å². The second-order valence-electron chi connectivity index (χ2n) is 7.73. The minimum Gasteiger partial charge on any atom is -0.467 e. The fourth-order valence-corrected chi connectivity index (χ4v) is 4.56. The van der Waals surface area contributed by atoms with Crippen molar-refractivity contribution in [2.24, 2.45) is 0 Å². The lowest BCUT2D eigenvalue weighted by atomic mass is 10.1. The number of nitrogens with one attached hydrogen (secondary N) is 2. The number of carbonyl (C=O) groups is 2. The molecule has 0 bridgehead atoms. The van der Waals surface area contributed by atoms with E-state index in [1.165, 1.54) is 35.7 Å². The van der Waals surface area contributed by atoms with Gasteiger partial charge in [0.05, 0.1) is 29.6 Å². The minimum absolute atomic E-state index is 0.0221. The van der Waals surface area contributed by atoms with Gasteiger partial charge >= 0.3 is 0 Å². The fourth-order valence-electron chi connectivity index (χ4n) is 3.56. The van der Waals surface area contributed by atoms with Gasteiger partial charge in [-0.2, -0.15) is 0 Å². The first-order valence-corrected chi connectivity index (χ1v) is 12.6. The van der Waals surface area contributed by atoms with Gasteiger partial charge in [0.2, 0.25) is 15.9 Å². The van der Waals surface area contributed by atoms with Gasteiger partial charge in [-0.05, 0) is 42.0 Å². The zero-order valence-corrected chi connectivity index (χ0v) is 20.0. The van der Waals surface area contributed by atoms with E-state index in [2.05, 4.69) is 15.0 Å². The van der Waals surface area contributed by atoms with Gasteiger partial charge in [0.15, 0.2) is 6.04 Å². The SMILES string of the molecule is O=C(NCc1ccccc1)C(c1ccco1)N(C(=O)CNS(=O)(=O)c1ccccc1)c1cccnc1. The van der Waals surface area contributed by atoms with E-state index in [4.69, 9.17) is 4.42 Å². The Morgan fingerprint density at radius 1 is 0.917 bits per heavy atom. The molecule has 2 aromatic heterocycles. The average molecular weight is 505 g/mol. The highest BCUT2D eigenvalue weighted by Gasteiger charge is 2.35. The number of rotatable bonds is 10. The van der Waals surface area contributed by atoms with Gasteiger partial charge in [-0.1, -0.05) is 48.5 Å². The quantitative estimate of drug-likeness (QED) is 0.342. The molecular weight excluding hydrogens is 480 g/mol. The maximum Gasteiger partial charge on any atom is 0.251 e. The summed E-state index contributed by atoms with van der Waals surface area (Å²) >= 11 is 0. The highest BCUT2D eigenvalue weighted by Crippen LogP contribution is 2.28. The second-order valence-corrected chi connectivity index (χ2v) is 9.50. The van der Waals surface area contributed by atoms with Crippen LogP contribution in [-0.2, 0) is 26.2 Å². The summed E-state index contributed by atoms with van der Waals surface area (Å²) in [5, 5.41) is 2.84. The van der Waals surface area contributed by atoms with Crippen LogP contribution in [0.25, 0.3) is 0 Å². The normalized spacial score (nSPS) is 12.0. The van der Waals surface area contributed by atoms with Crippen LogP contribution < -0.4 is 14.9 Å². The third-order valence-corrected chi connectivity index (χ3v) is 6.71. The van der Waals surface area contributed by atoms with E-state index in [-0.39, 0.29) is 17.2 Å². The predicted molar refractivity (Wildman–Crippen MR) is 133 cm³/mol. The van der Waals surface area contributed by atoms with Crippen LogP contribution in [0.3, 0.4) is 0 Å². The number of anilines is 1. The predicted octanol–water partition coefficient (Wildman–Crippen LogP) is 3.04. The van der Waals surface area contributed by atoms with Crippen molar-refractivity contribution in [1.29, 1.82) is 0 Å². The van der Waals surface area contributed by atoms with Crippen LogP contribution in [0, 0.1) is 0 Å². The molecule has 0 spiro atoms. The molecule has 0 fully saturated rings. The van der Waals surface area contributed by atoms with E-state index in [0.717, 1.165) is 5.56 Å². The topological polar surface area (TPSA) is 122 Å². The van der Waals surface area contributed by atoms with Crippen LogP contribution >= 0.6 is 0 Å². The Morgan fingerprint density at radius 3 is 2.28 bits per heavy atom. The molecule has 0 saturated carbocycles. The van der Waals surface area contributed by atoms with Crippen molar-refractivity contribution in [3.63, 3.8) is 0 Å². The van der Waals surface area contributed by atoms with Gasteiger partial charge in [0.1, 0.15) is 5.76 Å². The number of hydrogen-bond donors (Lipinski definition) is 2. The van der Waals surface area contributed by atoms with Crippen molar-refractivity contribution in [2.45, 2.75) is 17.5 Å². The van der Waals surface area contributed by atoms with Gasteiger partial charge in [0.25, 0.3) is 5.91 Å². The van der Waals surface area contributed by atoms with E-state index < -0.39 is 34.4 Å². The number of sulfonamides is 1. The van der Waals surface area contributed by atoms with Gasteiger partial charge in [0, 0.05) is 12.7 Å². The number of amides is 2. The third-order valence-electron chi connectivity index (χ3n) is 5.29. The molecule has 36 heavy (non-hydrogen) atoms. The molecule has 1 unspecified atom stereocenters. The van der Waals surface area contributed by atoms with Crippen molar-refractivity contribution in [3.05, 3.63) is 115 Å². The number of hydrogen-bond acceptors (Lipinski definition) is 6. The Hall–Kier alpha value is -4.28. The van der Waals surface area contributed by atoms with Crippen LogP contribution in [0.2, 0.25) is 0 Å². The summed E-state index contributed by atoms with van der Waals surface area (Å²) in [4.78, 5) is 32.2. The largest absolute Gasteiger partial charge is 0.467 e. The molecule has 9 nitrogen and oxygen atoms in total. The number of aromatic nitrogens is 1. The molecule has 0 aliphatic heterocycles. The van der Waals surface area contributed by atoms with Crippen molar-refractivity contribution >= 4 is 27.5 Å². The maximum absolute atomic E-state index is 13.5. The minimum atomic E-state index is -3.95. The molecule has 10 heteroatoms. The molecule has 2 aromatic carbocycles. The van der Waals surface area contributed by atoms with Crippen molar-refractivity contribution in [2.75, 3.05) is 11.4 Å². The Labute approximate surface area is 208 Å². The molecule has 184 valence electrons. The lowest BCUT2D eigenvalue weighted by Crippen LogP contribution is -2.47. The van der Waals surface area contributed by atoms with E-state index in [1.807, 2.05) is 30.3 Å². The molecule has 1 atom stereocenters. The molecule has 2 amide bonds. The van der Waals surface area contributed by atoms with Crippen LogP contribution in [0.4, 0.5) is 5.69 Å². The molecule has 0 aliphatic rings. The Balaban J connectivity index is 1.62. The molecule has 0 radical (unpaired) electrons. The number of furan rings is 1. The lowest BCUT2D eigenvalue weighted by molar-refractivity contribution is -0.126. The first kappa shape index (κ1) is 24.8. The first-order chi connectivity index (χ1) is 17.5. The Kier molecular flexibility index (Phi) is 7.89. The summed E-state index contributed by atoms with van der Waals surface area (Å²) in [5.74, 6) is -0.959. The van der Waals surface area contributed by atoms with E-state index in [1.54, 1.807) is 42.5 Å². The van der Waals surface area contributed by atoms with E-state index >= 15 is 0 Å². The molecule has 4 aromatic rings. The van der Waals surface area contributed by atoms with Gasteiger partial charge < -0.3 is 9.73 Å². The number of benzene rings is 2. The summed E-state index contributed by atoms with van der Waals surface area (Å²) in [6.45, 7) is -0.359. The average Bonchev–Trinajstić information content (AvgIpc) is 3.45. The highest BCUT2D eigenvalue weighted by molar-refractivity contribution is 7.89. The standard InChI is InChI=1S/C26H24N4O5S/c31-24(19-29-36(33,34)22-12-5-2-6-13-22)30(21-11-7-15-27-18-21)25(23-14-8-16-35-23)26(32)28-17-20-9-3-1-4-10-20/h1-16,18,25,29H,17,19H2,(H,28,32). The van der Waals surface area contributed by atoms with Gasteiger partial charge in [-0.25, -0.2) is 13.1 Å². The summed E-state index contributed by atoms with van der Waals surface area (Å²) in [5.41, 5.74) is 1.18. The summed E-state index contributed by atoms with van der Waals surface area (Å²) < 4.78 is 33.2. The molecule has 0 saturated heterocycles. The molecule has 2 N–H and O–H groups in total. The van der Waals surface area contributed by atoms with Crippen molar-refractivity contribution < 1.29 is 22.4 Å². The number of carbonyl (C=O) groups excluding carboxylic acids is 2. The molecule has 2 heterocycles. The lowest BCUT2D eigenvalue weighted by Gasteiger charge is -2.29. The number of nitrogens with zero attached hydrogens (tertiary/aromatic N) is 2. The zero-order chi connectivity index (χ0) is 25.4. The monoisotopic (exact) mass is 504 g/mol. The van der Waals surface area contributed by atoms with E-state index in [9.17, 15) is 18.0 Å². The summed E-state index contributed by atoms with van der Waals surface area (Å²) in [7, 11) is -3.95. The Bertz CT molecular complexity index is 1380. The van der Waals surface area contributed by atoms with Crippen LogP contribution in [0.5, 0.6) is 0 Å². The van der Waals surface area contributed by atoms with E-state index in [0.29, 0.717) is 5.69 Å². The highest BCUT2D eigenvalue weighted by atomic mass is 32.2. The van der Waals surface area contributed by atoms with Crippen molar-refractivity contribution in [3.8, 4) is 0 Å². The van der Waals surface area contributed by atoms with Crippen LogP contribution in [0.1, 0.15) is 17.4 Å². The molecular formula is C26H24N4O5S. The summed E-state index contributed by atoms with van der Waals surface area (Å²) in [6.07, 6.45) is 4.35. The molecule has 0 aliphatic carbocycles. The Morgan fingerprint density at radius 2 is 1.64 bits per heavy atom. The fraction of sp³-hybridized carbons (Fsp3) is 0.115.